The van der Waals surface area contributed by atoms with E-state index in [1.807, 2.05) is 12.1 Å². The van der Waals surface area contributed by atoms with Crippen LogP contribution < -0.4 is 18.9 Å². The van der Waals surface area contributed by atoms with Gasteiger partial charge in [0, 0.05) is 36.0 Å². The van der Waals surface area contributed by atoms with Crippen molar-refractivity contribution < 1.29 is 57.4 Å². The molecule has 55 heavy (non-hydrogen) atoms. The lowest BCUT2D eigenvalue weighted by atomic mass is 10.1. The van der Waals surface area contributed by atoms with Gasteiger partial charge in [0.1, 0.15) is 23.0 Å². The highest BCUT2D eigenvalue weighted by atomic mass is 16.6. The average Bonchev–Trinajstić information content (AvgIpc) is 3.18. The Hall–Kier alpha value is -6.40. The number of aliphatic hydroxyl groups is 1. The third-order valence-corrected chi connectivity index (χ3v) is 7.63. The van der Waals surface area contributed by atoms with Gasteiger partial charge in [0.15, 0.2) is 0 Å². The van der Waals surface area contributed by atoms with Crippen LogP contribution in [0.5, 0.6) is 23.0 Å². The third kappa shape index (κ3) is 14.2. The SMILES string of the molecule is C=C(C)C(=O)OCCCOc1ccc(C(=O)Oc2ccc(C(=O)OCCc3ccc(OC(O)c4ccc(OCCCOC(=O)C(=C)C)cc4)cc3)cc2)cc1. The Labute approximate surface area is 319 Å². The minimum Gasteiger partial charge on any atom is -0.493 e. The van der Waals surface area contributed by atoms with Crippen molar-refractivity contribution in [3.05, 3.63) is 144 Å². The molecule has 0 heterocycles. The Morgan fingerprint density at radius 1 is 0.545 bits per heavy atom. The molecule has 4 rings (SSSR count). The highest BCUT2D eigenvalue weighted by molar-refractivity contribution is 5.92. The van der Waals surface area contributed by atoms with E-state index in [1.54, 1.807) is 74.5 Å². The van der Waals surface area contributed by atoms with Crippen LogP contribution in [0, 0.1) is 0 Å². The zero-order valence-corrected chi connectivity index (χ0v) is 30.8. The Bertz CT molecular complexity index is 1900. The minimum atomic E-state index is -1.20. The molecule has 0 aromatic heterocycles. The van der Waals surface area contributed by atoms with Gasteiger partial charge in [0.05, 0.1) is 44.2 Å². The van der Waals surface area contributed by atoms with E-state index in [0.717, 1.165) is 5.56 Å². The third-order valence-electron chi connectivity index (χ3n) is 7.63. The lowest BCUT2D eigenvalue weighted by Crippen LogP contribution is -2.10. The molecule has 0 saturated carbocycles. The van der Waals surface area contributed by atoms with E-state index in [9.17, 15) is 24.3 Å². The first-order chi connectivity index (χ1) is 26.5. The fraction of sp³-hybridized carbons (Fsp3) is 0.256. The maximum Gasteiger partial charge on any atom is 0.343 e. The second kappa shape index (κ2) is 21.3. The summed E-state index contributed by atoms with van der Waals surface area (Å²) in [6, 6.07) is 26.4. The summed E-state index contributed by atoms with van der Waals surface area (Å²) in [5.41, 5.74) is 2.73. The minimum absolute atomic E-state index is 0.134. The number of hydrogen-bond donors (Lipinski definition) is 1. The number of ether oxygens (including phenoxy) is 7. The fourth-order valence-electron chi connectivity index (χ4n) is 4.59. The predicted octanol–water partition coefficient (Wildman–Crippen LogP) is 7.15. The van der Waals surface area contributed by atoms with Crippen LogP contribution in [0.4, 0.5) is 0 Å². The summed E-state index contributed by atoms with van der Waals surface area (Å²) < 4.78 is 37.8. The molecule has 0 saturated heterocycles. The van der Waals surface area contributed by atoms with E-state index in [1.165, 1.54) is 24.3 Å². The van der Waals surface area contributed by atoms with Crippen LogP contribution in [-0.4, -0.2) is 62.0 Å². The monoisotopic (exact) mass is 752 g/mol. The molecule has 12 heteroatoms. The Morgan fingerprint density at radius 2 is 1.00 bits per heavy atom. The second-order valence-electron chi connectivity index (χ2n) is 12.2. The molecule has 288 valence electrons. The summed E-state index contributed by atoms with van der Waals surface area (Å²) >= 11 is 0. The molecule has 1 atom stereocenters. The maximum atomic E-state index is 12.6. The summed E-state index contributed by atoms with van der Waals surface area (Å²) in [7, 11) is 0. The van der Waals surface area contributed by atoms with E-state index >= 15 is 0 Å². The number of aliphatic hydroxyl groups excluding tert-OH is 1. The van der Waals surface area contributed by atoms with Crippen LogP contribution >= 0.6 is 0 Å². The van der Waals surface area contributed by atoms with E-state index < -0.39 is 30.2 Å². The molecule has 4 aromatic carbocycles. The van der Waals surface area contributed by atoms with Crippen LogP contribution in [-0.2, 0) is 30.2 Å². The van der Waals surface area contributed by atoms with Crippen molar-refractivity contribution >= 4 is 23.9 Å². The van der Waals surface area contributed by atoms with Crippen LogP contribution in [0.3, 0.4) is 0 Å². The number of carbonyl (C=O) groups excluding carboxylic acids is 4. The number of hydrogen-bond acceptors (Lipinski definition) is 12. The number of esters is 4. The van der Waals surface area contributed by atoms with Crippen molar-refractivity contribution in [3.8, 4) is 23.0 Å². The van der Waals surface area contributed by atoms with Gasteiger partial charge in [-0.1, -0.05) is 25.3 Å². The largest absolute Gasteiger partial charge is 0.493 e. The molecule has 0 bridgehead atoms. The average molecular weight is 753 g/mol. The van der Waals surface area contributed by atoms with Gasteiger partial charge < -0.3 is 38.3 Å². The zero-order valence-electron chi connectivity index (χ0n) is 30.8. The van der Waals surface area contributed by atoms with Gasteiger partial charge in [-0.2, -0.15) is 0 Å². The normalized spacial score (nSPS) is 11.0. The molecule has 0 radical (unpaired) electrons. The smallest absolute Gasteiger partial charge is 0.343 e. The molecule has 0 amide bonds. The molecule has 12 nitrogen and oxygen atoms in total. The summed E-state index contributed by atoms with van der Waals surface area (Å²) in [5, 5.41) is 10.6. The van der Waals surface area contributed by atoms with Gasteiger partial charge in [-0.05, 0) is 104 Å². The van der Waals surface area contributed by atoms with Crippen molar-refractivity contribution in [1.29, 1.82) is 0 Å². The quantitative estimate of drug-likeness (QED) is 0.0230. The molecule has 0 spiro atoms. The van der Waals surface area contributed by atoms with E-state index in [4.69, 9.17) is 33.2 Å². The number of benzene rings is 4. The highest BCUT2D eigenvalue weighted by Crippen LogP contribution is 2.23. The number of carbonyl (C=O) groups is 4. The first-order valence-corrected chi connectivity index (χ1v) is 17.5. The fourth-order valence-corrected chi connectivity index (χ4v) is 4.59. The van der Waals surface area contributed by atoms with Crippen LogP contribution in [0.1, 0.15) is 64.8 Å². The second-order valence-corrected chi connectivity index (χ2v) is 12.2. The molecule has 1 unspecified atom stereocenters. The molecular formula is C43H44O12. The molecule has 0 fully saturated rings. The molecule has 0 aliphatic carbocycles. The first-order valence-electron chi connectivity index (χ1n) is 17.5. The first kappa shape index (κ1) is 41.4. The van der Waals surface area contributed by atoms with Crippen molar-refractivity contribution in [3.63, 3.8) is 0 Å². The summed E-state index contributed by atoms with van der Waals surface area (Å²) in [5.74, 6) is -0.0991. The zero-order chi connectivity index (χ0) is 39.6. The van der Waals surface area contributed by atoms with Gasteiger partial charge in [-0.25, -0.2) is 19.2 Å². The van der Waals surface area contributed by atoms with Gasteiger partial charge >= 0.3 is 23.9 Å². The van der Waals surface area contributed by atoms with Crippen molar-refractivity contribution in [2.75, 3.05) is 33.0 Å². The van der Waals surface area contributed by atoms with E-state index in [2.05, 4.69) is 13.2 Å². The Kier molecular flexibility index (Phi) is 16.0. The summed E-state index contributed by atoms with van der Waals surface area (Å²) in [6.07, 6.45) is 0.282. The molecule has 0 aliphatic rings. The summed E-state index contributed by atoms with van der Waals surface area (Å²) in [4.78, 5) is 48.0. The summed E-state index contributed by atoms with van der Waals surface area (Å²) in [6.45, 7) is 11.5. The van der Waals surface area contributed by atoms with Crippen LogP contribution in [0.2, 0.25) is 0 Å². The van der Waals surface area contributed by atoms with Crippen LogP contribution in [0.15, 0.2) is 121 Å². The molecule has 4 aromatic rings. The van der Waals surface area contributed by atoms with Gasteiger partial charge in [-0.15, -0.1) is 0 Å². The molecule has 0 aliphatic heterocycles. The predicted molar refractivity (Wildman–Crippen MR) is 202 cm³/mol. The van der Waals surface area contributed by atoms with Crippen molar-refractivity contribution in [2.45, 2.75) is 39.4 Å². The van der Waals surface area contributed by atoms with Crippen molar-refractivity contribution in [2.24, 2.45) is 0 Å². The van der Waals surface area contributed by atoms with E-state index in [-0.39, 0.29) is 25.6 Å². The lowest BCUT2D eigenvalue weighted by Gasteiger charge is -2.15. The number of rotatable bonds is 21. The molecule has 1 N–H and O–H groups in total. The Morgan fingerprint density at radius 3 is 1.51 bits per heavy atom. The van der Waals surface area contributed by atoms with Crippen molar-refractivity contribution in [1.82, 2.24) is 0 Å². The Balaban J connectivity index is 1.12. The molecular weight excluding hydrogens is 708 g/mol. The standard InChI is InChI=1S/C43H44O12/c1-29(2)39(44)51-26-5-24-49-35-17-9-33(10-18-35)42(47)54-37-15-7-31(8-16-37)23-28-53-41(46)32-13-21-38(22-14-32)55-43(48)34-11-19-36(20-12-34)50-25-6-27-52-40(45)30(3)4/h7-22,42,47H,1,3,5-6,23-28H2,2,4H3. The van der Waals surface area contributed by atoms with Gasteiger partial charge in [-0.3, -0.25) is 0 Å². The highest BCUT2D eigenvalue weighted by Gasteiger charge is 2.13. The maximum absolute atomic E-state index is 12.6. The van der Waals surface area contributed by atoms with Gasteiger partial charge in [0.25, 0.3) is 0 Å². The topological polar surface area (TPSA) is 153 Å². The van der Waals surface area contributed by atoms with E-state index in [0.29, 0.717) is 77.6 Å². The van der Waals surface area contributed by atoms with Crippen LogP contribution in [0.25, 0.3) is 0 Å². The lowest BCUT2D eigenvalue weighted by molar-refractivity contribution is -0.140. The van der Waals surface area contributed by atoms with Gasteiger partial charge in [0.2, 0.25) is 6.29 Å².